The first-order valence-corrected chi connectivity index (χ1v) is 5.10. The van der Waals surface area contributed by atoms with Gasteiger partial charge in [-0.3, -0.25) is 10.1 Å². The minimum atomic E-state index is -3.02. The van der Waals surface area contributed by atoms with Gasteiger partial charge in [0.2, 0.25) is 5.88 Å². The Hall–Kier alpha value is -2.32. The fourth-order valence-electron chi connectivity index (χ4n) is 1.33. The summed E-state index contributed by atoms with van der Waals surface area (Å²) in [6.07, 6.45) is -3.02. The SMILES string of the molecule is CCOC(=O)c1c([N+](=O)[O-])cc(C(F)F)nc1OC. The quantitative estimate of drug-likeness (QED) is 0.464. The van der Waals surface area contributed by atoms with E-state index in [-0.39, 0.29) is 6.61 Å². The average molecular weight is 276 g/mol. The molecule has 1 aromatic rings. The number of nitro groups is 1. The van der Waals surface area contributed by atoms with Crippen LogP contribution in [-0.2, 0) is 4.74 Å². The molecule has 0 bridgehead atoms. The number of hydrogen-bond acceptors (Lipinski definition) is 6. The van der Waals surface area contributed by atoms with Crippen LogP contribution >= 0.6 is 0 Å². The second-order valence-corrected chi connectivity index (χ2v) is 3.23. The standard InChI is InChI=1S/C10H10F2N2O5/c1-3-19-10(15)7-6(14(16)17)4-5(8(11)12)13-9(7)18-2/h4,8H,3H2,1-2H3. The molecule has 104 valence electrons. The Morgan fingerprint density at radius 1 is 1.58 bits per heavy atom. The minimum absolute atomic E-state index is 0.0320. The zero-order valence-electron chi connectivity index (χ0n) is 10.1. The van der Waals surface area contributed by atoms with Crippen molar-refractivity contribution in [1.29, 1.82) is 0 Å². The largest absolute Gasteiger partial charge is 0.480 e. The predicted molar refractivity (Wildman–Crippen MR) is 58.4 cm³/mol. The Morgan fingerprint density at radius 2 is 2.21 bits per heavy atom. The molecule has 0 saturated heterocycles. The molecule has 0 N–H and O–H groups in total. The number of aromatic nitrogens is 1. The maximum Gasteiger partial charge on any atom is 0.350 e. The fourth-order valence-corrected chi connectivity index (χ4v) is 1.33. The van der Waals surface area contributed by atoms with E-state index in [4.69, 9.17) is 0 Å². The van der Waals surface area contributed by atoms with Crippen molar-refractivity contribution in [2.24, 2.45) is 0 Å². The van der Waals surface area contributed by atoms with Crippen LogP contribution in [0.2, 0.25) is 0 Å². The number of hydrogen-bond donors (Lipinski definition) is 0. The Morgan fingerprint density at radius 3 is 2.63 bits per heavy atom. The van der Waals surface area contributed by atoms with Crippen molar-refractivity contribution in [1.82, 2.24) is 4.98 Å². The van der Waals surface area contributed by atoms with Crippen LogP contribution in [-0.4, -0.2) is 29.6 Å². The molecule has 0 aromatic carbocycles. The second kappa shape index (κ2) is 6.03. The third-order valence-corrected chi connectivity index (χ3v) is 2.08. The molecule has 0 spiro atoms. The monoisotopic (exact) mass is 276 g/mol. The molecule has 0 radical (unpaired) electrons. The third kappa shape index (κ3) is 3.12. The molecule has 0 aliphatic heterocycles. The van der Waals surface area contributed by atoms with Crippen molar-refractivity contribution < 1.29 is 28.0 Å². The van der Waals surface area contributed by atoms with Gasteiger partial charge in [0.25, 0.3) is 12.1 Å². The van der Waals surface area contributed by atoms with Gasteiger partial charge in [-0.25, -0.2) is 18.6 Å². The van der Waals surface area contributed by atoms with Crippen LogP contribution in [0.3, 0.4) is 0 Å². The maximum absolute atomic E-state index is 12.6. The first-order valence-electron chi connectivity index (χ1n) is 5.10. The molecule has 0 unspecified atom stereocenters. The number of halogens is 2. The molecule has 7 nitrogen and oxygen atoms in total. The summed E-state index contributed by atoms with van der Waals surface area (Å²) >= 11 is 0. The van der Waals surface area contributed by atoms with Crippen molar-refractivity contribution in [3.8, 4) is 5.88 Å². The molecule has 0 atom stereocenters. The van der Waals surface area contributed by atoms with Crippen molar-refractivity contribution in [3.05, 3.63) is 27.4 Å². The van der Waals surface area contributed by atoms with Gasteiger partial charge in [0.1, 0.15) is 5.69 Å². The summed E-state index contributed by atoms with van der Waals surface area (Å²) in [7, 11) is 1.06. The van der Waals surface area contributed by atoms with Crippen LogP contribution in [0.15, 0.2) is 6.07 Å². The van der Waals surface area contributed by atoms with Gasteiger partial charge in [0.05, 0.1) is 18.6 Å². The fraction of sp³-hybridized carbons (Fsp3) is 0.400. The highest BCUT2D eigenvalue weighted by atomic mass is 19.3. The van der Waals surface area contributed by atoms with E-state index in [1.54, 1.807) is 0 Å². The van der Waals surface area contributed by atoms with E-state index in [2.05, 4.69) is 14.5 Å². The number of rotatable bonds is 5. The van der Waals surface area contributed by atoms with E-state index in [0.29, 0.717) is 6.07 Å². The van der Waals surface area contributed by atoms with Gasteiger partial charge in [-0.15, -0.1) is 0 Å². The maximum atomic E-state index is 12.6. The number of methoxy groups -OCH3 is 1. The summed E-state index contributed by atoms with van der Waals surface area (Å²) in [5, 5.41) is 10.8. The topological polar surface area (TPSA) is 91.6 Å². The van der Waals surface area contributed by atoms with Crippen LogP contribution in [0.1, 0.15) is 29.4 Å². The molecule has 0 aliphatic rings. The zero-order valence-corrected chi connectivity index (χ0v) is 10.1. The van der Waals surface area contributed by atoms with Gasteiger partial charge < -0.3 is 9.47 Å². The van der Waals surface area contributed by atoms with Crippen LogP contribution < -0.4 is 4.74 Å². The Balaban J connectivity index is 3.49. The number of alkyl halides is 2. The Labute approximate surface area is 106 Å². The highest BCUT2D eigenvalue weighted by molar-refractivity contribution is 5.96. The van der Waals surface area contributed by atoms with Gasteiger partial charge in [-0.05, 0) is 6.92 Å². The molecule has 0 aliphatic carbocycles. The Bertz CT molecular complexity index is 507. The lowest BCUT2D eigenvalue weighted by atomic mass is 10.2. The molecular formula is C10H10F2N2O5. The first kappa shape index (κ1) is 14.7. The number of carbonyl (C=O) groups is 1. The summed E-state index contributed by atoms with van der Waals surface area (Å²) in [6, 6.07) is 0.527. The average Bonchev–Trinajstić information content (AvgIpc) is 2.36. The van der Waals surface area contributed by atoms with E-state index in [0.717, 1.165) is 7.11 Å². The van der Waals surface area contributed by atoms with Crippen molar-refractivity contribution in [3.63, 3.8) is 0 Å². The summed E-state index contributed by atoms with van der Waals surface area (Å²) < 4.78 is 34.4. The summed E-state index contributed by atoms with van der Waals surface area (Å²) in [5.74, 6) is -1.62. The van der Waals surface area contributed by atoms with Crippen molar-refractivity contribution in [2.45, 2.75) is 13.3 Å². The highest BCUT2D eigenvalue weighted by Crippen LogP contribution is 2.31. The molecule has 0 saturated carbocycles. The van der Waals surface area contributed by atoms with Crippen LogP contribution in [0.25, 0.3) is 0 Å². The lowest BCUT2D eigenvalue weighted by Gasteiger charge is -2.09. The predicted octanol–water partition coefficient (Wildman–Crippen LogP) is 2.11. The van der Waals surface area contributed by atoms with Gasteiger partial charge in [0, 0.05) is 6.07 Å². The molecule has 1 rings (SSSR count). The number of pyridine rings is 1. The number of ether oxygens (including phenoxy) is 2. The third-order valence-electron chi connectivity index (χ3n) is 2.08. The van der Waals surface area contributed by atoms with Crippen LogP contribution in [0, 0.1) is 10.1 Å². The zero-order chi connectivity index (χ0) is 14.6. The van der Waals surface area contributed by atoms with Gasteiger partial charge in [0.15, 0.2) is 5.56 Å². The van der Waals surface area contributed by atoms with E-state index < -0.39 is 40.1 Å². The van der Waals surface area contributed by atoms with E-state index >= 15 is 0 Å². The highest BCUT2D eigenvalue weighted by Gasteiger charge is 2.30. The molecule has 0 amide bonds. The van der Waals surface area contributed by atoms with E-state index in [1.807, 2.05) is 0 Å². The van der Waals surface area contributed by atoms with Crippen LogP contribution in [0.5, 0.6) is 5.88 Å². The van der Waals surface area contributed by atoms with Gasteiger partial charge in [-0.2, -0.15) is 0 Å². The molecule has 1 heterocycles. The Kier molecular flexibility index (Phi) is 4.67. The smallest absolute Gasteiger partial charge is 0.350 e. The second-order valence-electron chi connectivity index (χ2n) is 3.23. The minimum Gasteiger partial charge on any atom is -0.480 e. The van der Waals surface area contributed by atoms with Gasteiger partial charge in [-0.1, -0.05) is 0 Å². The molecule has 9 heteroatoms. The van der Waals surface area contributed by atoms with Crippen molar-refractivity contribution >= 4 is 11.7 Å². The number of esters is 1. The van der Waals surface area contributed by atoms with Crippen molar-refractivity contribution in [2.75, 3.05) is 13.7 Å². The van der Waals surface area contributed by atoms with Crippen LogP contribution in [0.4, 0.5) is 14.5 Å². The van der Waals surface area contributed by atoms with Gasteiger partial charge >= 0.3 is 5.97 Å². The molecular weight excluding hydrogens is 266 g/mol. The summed E-state index contributed by atoms with van der Waals surface area (Å²) in [6.45, 7) is 1.47. The van der Waals surface area contributed by atoms with E-state index in [1.165, 1.54) is 6.92 Å². The summed E-state index contributed by atoms with van der Waals surface area (Å²) in [5.41, 5.74) is -2.27. The number of carbonyl (C=O) groups excluding carboxylic acids is 1. The number of nitrogens with zero attached hydrogens (tertiary/aromatic N) is 2. The molecule has 0 fully saturated rings. The lowest BCUT2D eigenvalue weighted by Crippen LogP contribution is -2.12. The molecule has 19 heavy (non-hydrogen) atoms. The molecule has 1 aromatic heterocycles. The lowest BCUT2D eigenvalue weighted by molar-refractivity contribution is -0.385. The first-order chi connectivity index (χ1) is 8.92. The summed E-state index contributed by atoms with van der Waals surface area (Å²) in [4.78, 5) is 24.8. The van der Waals surface area contributed by atoms with E-state index in [9.17, 15) is 23.7 Å². The normalized spacial score (nSPS) is 10.4.